The van der Waals surface area contributed by atoms with Crippen molar-refractivity contribution in [1.82, 2.24) is 10.2 Å². The monoisotopic (exact) mass is 303 g/mol. The van der Waals surface area contributed by atoms with Gasteiger partial charge in [0, 0.05) is 5.02 Å². The summed E-state index contributed by atoms with van der Waals surface area (Å²) in [4.78, 5) is 0. The van der Waals surface area contributed by atoms with E-state index >= 15 is 0 Å². The summed E-state index contributed by atoms with van der Waals surface area (Å²) in [5, 5.41) is 8.12. The van der Waals surface area contributed by atoms with Crippen LogP contribution in [0.3, 0.4) is 0 Å². The van der Waals surface area contributed by atoms with Gasteiger partial charge in [0.05, 0.1) is 5.56 Å². The highest BCUT2D eigenvalue weighted by Gasteiger charge is 2.19. The van der Waals surface area contributed by atoms with Gasteiger partial charge in [0.1, 0.15) is 11.9 Å². The largest absolute Gasteiger partial charge is 0.418 e. The first kappa shape index (κ1) is 13.7. The Morgan fingerprint density at radius 2 is 1.86 bits per heavy atom. The number of rotatable bonds is 3. The molecule has 0 amide bonds. The first-order chi connectivity index (χ1) is 10.1. The first-order valence-corrected chi connectivity index (χ1v) is 6.62. The molecule has 3 aromatic rings. The second kappa shape index (κ2) is 5.63. The van der Waals surface area contributed by atoms with Gasteiger partial charge in [0.25, 0.3) is 5.89 Å². The SMILES string of the molecule is NC(c1ccccc1)c1nnc(-c2cc(Cl)ccc2F)o1. The van der Waals surface area contributed by atoms with Crippen molar-refractivity contribution < 1.29 is 8.81 Å². The molecule has 2 aromatic carbocycles. The van der Waals surface area contributed by atoms with Gasteiger partial charge in [0.15, 0.2) is 0 Å². The van der Waals surface area contributed by atoms with Crippen molar-refractivity contribution in [3.05, 3.63) is 70.8 Å². The molecular formula is C15H11ClFN3O. The molecule has 6 heteroatoms. The van der Waals surface area contributed by atoms with Crippen LogP contribution < -0.4 is 5.73 Å². The number of hydrogen-bond donors (Lipinski definition) is 1. The summed E-state index contributed by atoms with van der Waals surface area (Å²) in [5.41, 5.74) is 7.05. The third kappa shape index (κ3) is 2.79. The van der Waals surface area contributed by atoms with Crippen molar-refractivity contribution in [3.63, 3.8) is 0 Å². The van der Waals surface area contributed by atoms with Crippen molar-refractivity contribution in [2.24, 2.45) is 5.73 Å². The van der Waals surface area contributed by atoms with Crippen molar-refractivity contribution in [2.45, 2.75) is 6.04 Å². The maximum absolute atomic E-state index is 13.8. The Bertz CT molecular complexity index is 761. The highest BCUT2D eigenvalue weighted by Crippen LogP contribution is 2.27. The summed E-state index contributed by atoms with van der Waals surface area (Å²) in [7, 11) is 0. The lowest BCUT2D eigenvalue weighted by atomic mass is 10.1. The van der Waals surface area contributed by atoms with Gasteiger partial charge in [-0.15, -0.1) is 10.2 Å². The quantitative estimate of drug-likeness (QED) is 0.803. The third-order valence-corrected chi connectivity index (χ3v) is 3.26. The van der Waals surface area contributed by atoms with E-state index in [1.807, 2.05) is 30.3 Å². The van der Waals surface area contributed by atoms with Gasteiger partial charge in [-0.3, -0.25) is 0 Å². The summed E-state index contributed by atoms with van der Waals surface area (Å²) >= 11 is 5.85. The molecule has 2 N–H and O–H groups in total. The molecule has 0 saturated carbocycles. The number of benzene rings is 2. The summed E-state index contributed by atoms with van der Waals surface area (Å²) in [6, 6.07) is 12.9. The normalized spacial score (nSPS) is 12.3. The Balaban J connectivity index is 1.95. The molecule has 106 valence electrons. The van der Waals surface area contributed by atoms with E-state index in [0.717, 1.165) is 5.56 Å². The molecule has 0 aliphatic rings. The van der Waals surface area contributed by atoms with Gasteiger partial charge in [-0.25, -0.2) is 4.39 Å². The number of hydrogen-bond acceptors (Lipinski definition) is 4. The highest BCUT2D eigenvalue weighted by molar-refractivity contribution is 6.30. The second-order valence-corrected chi connectivity index (χ2v) is 4.89. The minimum Gasteiger partial charge on any atom is -0.418 e. The molecule has 0 spiro atoms. The number of aromatic nitrogens is 2. The van der Waals surface area contributed by atoms with Crippen LogP contribution >= 0.6 is 11.6 Å². The standard InChI is InChI=1S/C15H11ClFN3O/c16-10-6-7-12(17)11(8-10)14-19-20-15(21-14)13(18)9-4-2-1-3-5-9/h1-8,13H,18H2. The highest BCUT2D eigenvalue weighted by atomic mass is 35.5. The van der Waals surface area contributed by atoms with E-state index in [1.165, 1.54) is 18.2 Å². The fraction of sp³-hybridized carbons (Fsp3) is 0.0667. The molecule has 1 aromatic heterocycles. The van der Waals surface area contributed by atoms with E-state index in [0.29, 0.717) is 5.02 Å². The minimum atomic E-state index is -0.560. The van der Waals surface area contributed by atoms with E-state index in [2.05, 4.69) is 10.2 Å². The second-order valence-electron chi connectivity index (χ2n) is 4.46. The minimum absolute atomic E-state index is 0.0522. The Morgan fingerprint density at radius 1 is 1.10 bits per heavy atom. The zero-order valence-corrected chi connectivity index (χ0v) is 11.6. The van der Waals surface area contributed by atoms with Gasteiger partial charge >= 0.3 is 0 Å². The lowest BCUT2D eigenvalue weighted by Crippen LogP contribution is -2.11. The predicted octanol–water partition coefficient (Wildman–Crippen LogP) is 3.58. The topological polar surface area (TPSA) is 64.9 Å². The van der Waals surface area contributed by atoms with E-state index in [-0.39, 0.29) is 17.3 Å². The summed E-state index contributed by atoms with van der Waals surface area (Å²) in [6.45, 7) is 0. The summed E-state index contributed by atoms with van der Waals surface area (Å²) < 4.78 is 19.2. The van der Waals surface area contributed by atoms with E-state index in [4.69, 9.17) is 21.8 Å². The fourth-order valence-electron chi connectivity index (χ4n) is 1.93. The van der Waals surface area contributed by atoms with Crippen molar-refractivity contribution >= 4 is 11.6 Å². The van der Waals surface area contributed by atoms with Gasteiger partial charge < -0.3 is 10.2 Å². The molecule has 1 atom stereocenters. The lowest BCUT2D eigenvalue weighted by molar-refractivity contribution is 0.481. The van der Waals surface area contributed by atoms with Crippen LogP contribution in [0.25, 0.3) is 11.5 Å². The molecule has 0 fully saturated rings. The summed E-state index contributed by atoms with van der Waals surface area (Å²) in [6.07, 6.45) is 0. The van der Waals surface area contributed by atoms with Crippen molar-refractivity contribution in [1.29, 1.82) is 0 Å². The van der Waals surface area contributed by atoms with Gasteiger partial charge in [-0.2, -0.15) is 0 Å². The van der Waals surface area contributed by atoms with Crippen LogP contribution in [-0.4, -0.2) is 10.2 Å². The van der Waals surface area contributed by atoms with Gasteiger partial charge in [0.2, 0.25) is 5.89 Å². The number of nitrogens with zero attached hydrogens (tertiary/aromatic N) is 2. The van der Waals surface area contributed by atoms with Crippen LogP contribution in [0.4, 0.5) is 4.39 Å². The fourth-order valence-corrected chi connectivity index (χ4v) is 2.11. The maximum Gasteiger partial charge on any atom is 0.250 e. The van der Waals surface area contributed by atoms with Crippen LogP contribution in [0.15, 0.2) is 52.9 Å². The van der Waals surface area contributed by atoms with E-state index in [1.54, 1.807) is 0 Å². The molecule has 4 nitrogen and oxygen atoms in total. The zero-order chi connectivity index (χ0) is 14.8. The molecule has 21 heavy (non-hydrogen) atoms. The predicted molar refractivity (Wildman–Crippen MR) is 77.2 cm³/mol. The smallest absolute Gasteiger partial charge is 0.250 e. The average Bonchev–Trinajstić information content (AvgIpc) is 2.99. The molecule has 0 bridgehead atoms. The van der Waals surface area contributed by atoms with E-state index in [9.17, 15) is 4.39 Å². The van der Waals surface area contributed by atoms with Crippen LogP contribution in [0.5, 0.6) is 0 Å². The molecule has 1 heterocycles. The third-order valence-electron chi connectivity index (χ3n) is 3.02. The Labute approximate surface area is 125 Å². The van der Waals surface area contributed by atoms with Gasteiger partial charge in [-0.1, -0.05) is 41.9 Å². The van der Waals surface area contributed by atoms with Crippen LogP contribution in [-0.2, 0) is 0 Å². The first-order valence-electron chi connectivity index (χ1n) is 6.24. The van der Waals surface area contributed by atoms with Crippen LogP contribution in [0, 0.1) is 5.82 Å². The molecule has 0 aliphatic carbocycles. The number of nitrogens with two attached hydrogens (primary N) is 1. The van der Waals surface area contributed by atoms with E-state index < -0.39 is 11.9 Å². The Hall–Kier alpha value is -2.24. The Kier molecular flexibility index (Phi) is 3.68. The summed E-state index contributed by atoms with van der Waals surface area (Å²) in [5.74, 6) is -0.213. The molecule has 1 unspecified atom stereocenters. The molecule has 0 radical (unpaired) electrons. The molecule has 3 rings (SSSR count). The Morgan fingerprint density at radius 3 is 2.62 bits per heavy atom. The molecular weight excluding hydrogens is 293 g/mol. The zero-order valence-electron chi connectivity index (χ0n) is 10.8. The van der Waals surface area contributed by atoms with Crippen LogP contribution in [0.2, 0.25) is 5.02 Å². The van der Waals surface area contributed by atoms with Crippen LogP contribution in [0.1, 0.15) is 17.5 Å². The number of halogens is 2. The lowest BCUT2D eigenvalue weighted by Gasteiger charge is -2.06. The van der Waals surface area contributed by atoms with Crippen molar-refractivity contribution in [2.75, 3.05) is 0 Å². The molecule has 0 saturated heterocycles. The average molecular weight is 304 g/mol. The van der Waals surface area contributed by atoms with Crippen molar-refractivity contribution in [3.8, 4) is 11.5 Å². The van der Waals surface area contributed by atoms with Gasteiger partial charge in [-0.05, 0) is 23.8 Å². The molecule has 0 aliphatic heterocycles. The maximum atomic E-state index is 13.8.